The van der Waals surface area contributed by atoms with Gasteiger partial charge in [-0.25, -0.2) is 4.79 Å². The Morgan fingerprint density at radius 1 is 1.00 bits per heavy atom. The minimum absolute atomic E-state index is 0.0757. The van der Waals surface area contributed by atoms with Crippen LogP contribution in [-0.2, 0) is 16.5 Å². The molecule has 1 aliphatic carbocycles. The Bertz CT molecular complexity index is 1420. The van der Waals surface area contributed by atoms with Crippen LogP contribution in [-0.4, -0.2) is 34.8 Å². The maximum Gasteiger partial charge on any atom is 0.416 e. The lowest BCUT2D eigenvalue weighted by Gasteiger charge is -2.51. The van der Waals surface area contributed by atoms with Crippen molar-refractivity contribution in [2.75, 3.05) is 6.61 Å². The number of ether oxygens (including phenoxy) is 1. The monoisotopic (exact) mass is 532 g/mol. The number of halogens is 3. The number of carbonyl (C=O) groups is 1. The fraction of sp³-hybridized carbons (Fsp3) is 0.355. The first kappa shape index (κ1) is 25.4. The molecule has 8 heteroatoms. The highest BCUT2D eigenvalue weighted by Crippen LogP contribution is 2.47. The summed E-state index contributed by atoms with van der Waals surface area (Å²) in [6, 6.07) is 20.3. The molecule has 1 N–H and O–H groups in total. The van der Waals surface area contributed by atoms with Crippen molar-refractivity contribution < 1.29 is 27.8 Å². The second-order valence-electron chi connectivity index (χ2n) is 10.8. The molecule has 2 fully saturated rings. The molecule has 3 aliphatic rings. The molecule has 6 rings (SSSR count). The van der Waals surface area contributed by atoms with Gasteiger partial charge < -0.3 is 14.7 Å². The smallest absolute Gasteiger partial charge is 0.416 e. The lowest BCUT2D eigenvalue weighted by Crippen LogP contribution is -2.59. The van der Waals surface area contributed by atoms with E-state index < -0.39 is 23.4 Å². The fourth-order valence-corrected chi connectivity index (χ4v) is 6.83. The Balaban J connectivity index is 1.22. The molecule has 2 bridgehead atoms. The summed E-state index contributed by atoms with van der Waals surface area (Å²) in [6.07, 6.45) is -2.60. The van der Waals surface area contributed by atoms with Crippen molar-refractivity contribution in [1.29, 1.82) is 5.26 Å². The van der Waals surface area contributed by atoms with Crippen molar-refractivity contribution in [3.05, 3.63) is 94.5 Å². The molecule has 0 radical (unpaired) electrons. The number of alkyl halides is 3. The number of hydrogen-bond donors (Lipinski definition) is 1. The van der Waals surface area contributed by atoms with Gasteiger partial charge in [0.2, 0.25) is 0 Å². The molecule has 3 aromatic carbocycles. The number of aliphatic hydroxyl groups is 1. The lowest BCUT2D eigenvalue weighted by atomic mass is 9.71. The van der Waals surface area contributed by atoms with Gasteiger partial charge in [-0.15, -0.1) is 0 Å². The zero-order chi connectivity index (χ0) is 27.4. The Labute approximate surface area is 224 Å². The van der Waals surface area contributed by atoms with E-state index in [0.717, 1.165) is 40.8 Å². The molecular formula is C31H27F3N2O3. The largest absolute Gasteiger partial charge is 0.448 e. The number of rotatable bonds is 3. The van der Waals surface area contributed by atoms with E-state index in [1.165, 1.54) is 6.07 Å². The number of hydrogen-bond acceptors (Lipinski definition) is 4. The van der Waals surface area contributed by atoms with E-state index in [0.29, 0.717) is 12.8 Å². The van der Waals surface area contributed by atoms with Crippen molar-refractivity contribution in [1.82, 2.24) is 4.90 Å². The molecule has 2 atom stereocenters. The molecule has 2 unspecified atom stereocenters. The molecule has 0 spiro atoms. The highest BCUT2D eigenvalue weighted by atomic mass is 19.4. The maximum absolute atomic E-state index is 13.5. The number of benzene rings is 3. The van der Waals surface area contributed by atoms with Crippen LogP contribution in [0, 0.1) is 11.3 Å². The second kappa shape index (κ2) is 9.42. The quantitative estimate of drug-likeness (QED) is 0.406. The number of fused-ring (bicyclic) bond motifs is 5. The van der Waals surface area contributed by atoms with Crippen molar-refractivity contribution >= 4 is 6.09 Å². The summed E-state index contributed by atoms with van der Waals surface area (Å²) in [4.78, 5) is 15.2. The van der Waals surface area contributed by atoms with E-state index in [4.69, 9.17) is 4.74 Å². The predicted molar refractivity (Wildman–Crippen MR) is 138 cm³/mol. The first-order chi connectivity index (χ1) is 18.7. The first-order valence-electron chi connectivity index (χ1n) is 13.2. The Morgan fingerprint density at radius 2 is 1.59 bits per heavy atom. The highest BCUT2D eigenvalue weighted by molar-refractivity contribution is 5.79. The molecule has 2 heterocycles. The molecule has 1 amide bonds. The molecule has 200 valence electrons. The van der Waals surface area contributed by atoms with Crippen molar-refractivity contribution in [2.24, 2.45) is 0 Å². The number of piperidine rings is 2. The molecular weight excluding hydrogens is 505 g/mol. The minimum atomic E-state index is -4.59. The van der Waals surface area contributed by atoms with E-state index in [-0.39, 0.29) is 48.6 Å². The third kappa shape index (κ3) is 4.35. The number of carbonyl (C=O) groups excluding carboxylic acids is 1. The highest BCUT2D eigenvalue weighted by Gasteiger charge is 2.50. The Morgan fingerprint density at radius 3 is 2.15 bits per heavy atom. The third-order valence-corrected chi connectivity index (χ3v) is 8.52. The van der Waals surface area contributed by atoms with Crippen LogP contribution in [0.5, 0.6) is 0 Å². The van der Waals surface area contributed by atoms with E-state index in [9.17, 15) is 28.3 Å². The second-order valence-corrected chi connectivity index (χ2v) is 10.8. The average Bonchev–Trinajstić information content (AvgIpc) is 3.24. The van der Waals surface area contributed by atoms with Gasteiger partial charge >= 0.3 is 12.3 Å². The summed E-state index contributed by atoms with van der Waals surface area (Å²) in [6.45, 7) is 0.185. The van der Waals surface area contributed by atoms with Crippen LogP contribution in [0.15, 0.2) is 66.7 Å². The van der Waals surface area contributed by atoms with Crippen LogP contribution in [0.25, 0.3) is 11.1 Å². The zero-order valence-electron chi connectivity index (χ0n) is 21.1. The summed E-state index contributed by atoms with van der Waals surface area (Å²) in [5.74, 6) is -0.0757. The average molecular weight is 533 g/mol. The molecule has 5 nitrogen and oxygen atoms in total. The predicted octanol–water partition coefficient (Wildman–Crippen LogP) is 6.73. The standard InChI is InChI=1S/C31H27F3N2O3/c32-31(33,34)20-12-13-28(19(14-20)17-35)30(38)15-21-6-5-7-22(16-30)36(21)29(37)39-18-27-25-10-3-1-8-23(25)24-9-2-4-11-26(24)27/h1-4,8-14,21-22,27,38H,5-7,15-16,18H2. The van der Waals surface area contributed by atoms with Gasteiger partial charge in [-0.1, -0.05) is 54.6 Å². The third-order valence-electron chi connectivity index (χ3n) is 8.52. The lowest BCUT2D eigenvalue weighted by molar-refractivity contribution is -0.137. The number of nitriles is 1. The number of amides is 1. The van der Waals surface area contributed by atoms with Gasteiger partial charge in [-0.2, -0.15) is 18.4 Å². The minimum Gasteiger partial charge on any atom is -0.448 e. The fourth-order valence-electron chi connectivity index (χ4n) is 6.83. The first-order valence-corrected chi connectivity index (χ1v) is 13.2. The van der Waals surface area contributed by atoms with E-state index in [1.54, 1.807) is 4.90 Å². The van der Waals surface area contributed by atoms with Gasteiger partial charge in [-0.3, -0.25) is 0 Å². The van der Waals surface area contributed by atoms with Crippen LogP contribution in [0.1, 0.15) is 65.8 Å². The van der Waals surface area contributed by atoms with E-state index in [1.807, 2.05) is 30.3 Å². The van der Waals surface area contributed by atoms with Crippen molar-refractivity contribution in [3.63, 3.8) is 0 Å². The SMILES string of the molecule is N#Cc1cc(C(F)(F)F)ccc1C1(O)CC2CCCC(C1)N2C(=O)OCC1c2ccccc2-c2ccccc21. The van der Waals surface area contributed by atoms with Crippen LogP contribution in [0.4, 0.5) is 18.0 Å². The molecule has 2 aliphatic heterocycles. The van der Waals surface area contributed by atoms with Gasteiger partial charge in [0.25, 0.3) is 0 Å². The molecule has 39 heavy (non-hydrogen) atoms. The Kier molecular flexibility index (Phi) is 6.15. The Hall–Kier alpha value is -3.83. The number of nitrogens with zero attached hydrogens (tertiary/aromatic N) is 2. The summed E-state index contributed by atoms with van der Waals surface area (Å²) < 4.78 is 45.6. The topological polar surface area (TPSA) is 73.6 Å². The van der Waals surface area contributed by atoms with Gasteiger partial charge in [0.1, 0.15) is 6.61 Å². The van der Waals surface area contributed by atoms with Crippen LogP contribution >= 0.6 is 0 Å². The maximum atomic E-state index is 13.5. The van der Waals surface area contributed by atoms with Crippen LogP contribution in [0.3, 0.4) is 0 Å². The van der Waals surface area contributed by atoms with E-state index >= 15 is 0 Å². The summed E-state index contributed by atoms with van der Waals surface area (Å²) in [5, 5.41) is 21.3. The summed E-state index contributed by atoms with van der Waals surface area (Å²) >= 11 is 0. The summed E-state index contributed by atoms with van der Waals surface area (Å²) in [5.41, 5.74) is 2.06. The zero-order valence-corrected chi connectivity index (χ0v) is 21.1. The van der Waals surface area contributed by atoms with Crippen LogP contribution in [0.2, 0.25) is 0 Å². The van der Waals surface area contributed by atoms with Crippen molar-refractivity contribution in [3.8, 4) is 17.2 Å². The van der Waals surface area contributed by atoms with Gasteiger partial charge in [-0.05, 0) is 53.6 Å². The molecule has 2 saturated heterocycles. The normalized spacial score (nSPS) is 24.0. The molecule has 0 saturated carbocycles. The molecule has 3 aromatic rings. The van der Waals surface area contributed by atoms with Crippen molar-refractivity contribution in [2.45, 2.75) is 61.9 Å². The van der Waals surface area contributed by atoms with Gasteiger partial charge in [0, 0.05) is 36.4 Å². The van der Waals surface area contributed by atoms with Crippen LogP contribution < -0.4 is 0 Å². The summed E-state index contributed by atoms with van der Waals surface area (Å²) in [7, 11) is 0. The van der Waals surface area contributed by atoms with E-state index in [2.05, 4.69) is 24.3 Å². The van der Waals surface area contributed by atoms with Gasteiger partial charge in [0.05, 0.1) is 22.8 Å². The van der Waals surface area contributed by atoms with Gasteiger partial charge in [0.15, 0.2) is 0 Å². The molecule has 0 aromatic heterocycles.